The molecule has 1 saturated heterocycles. The van der Waals surface area contributed by atoms with Crippen LogP contribution in [0, 0.1) is 0 Å². The van der Waals surface area contributed by atoms with Crippen LogP contribution in [-0.4, -0.2) is 24.1 Å². The van der Waals surface area contributed by atoms with Crippen molar-refractivity contribution in [2.24, 2.45) is 0 Å². The maximum Gasteiger partial charge on any atom is 0.408 e. The van der Waals surface area contributed by atoms with Crippen molar-refractivity contribution < 1.29 is 19.1 Å². The summed E-state index contributed by atoms with van der Waals surface area (Å²) in [6.07, 6.45) is -1.31. The Morgan fingerprint density at radius 3 is 2.52 bits per heavy atom. The van der Waals surface area contributed by atoms with E-state index in [9.17, 15) is 9.59 Å². The van der Waals surface area contributed by atoms with Gasteiger partial charge in [0.15, 0.2) is 12.1 Å². The van der Waals surface area contributed by atoms with Gasteiger partial charge in [0.25, 0.3) is 5.91 Å². The number of benzene rings is 2. The molecule has 6 nitrogen and oxygen atoms in total. The van der Waals surface area contributed by atoms with Crippen molar-refractivity contribution in [1.29, 1.82) is 0 Å². The first-order valence-corrected chi connectivity index (χ1v) is 8.13. The van der Waals surface area contributed by atoms with Crippen molar-refractivity contribution >= 4 is 17.7 Å². The highest BCUT2D eigenvalue weighted by Crippen LogP contribution is 2.29. The molecule has 2 aromatic rings. The van der Waals surface area contributed by atoms with E-state index in [0.717, 1.165) is 5.56 Å². The predicted octanol–water partition coefficient (Wildman–Crippen LogP) is 3.26. The standard InChI is InChI=1S/C19H20N2O4/c1-12(2)24-15-11-7-6-10-14(15)20-18(22)16-17(25-19(23)21-16)13-8-4-3-5-9-13/h3-12,16-17H,1-2H3,(H,20,22)(H,21,23). The number of hydrogen-bond acceptors (Lipinski definition) is 4. The van der Waals surface area contributed by atoms with Crippen LogP contribution in [-0.2, 0) is 9.53 Å². The van der Waals surface area contributed by atoms with Crippen molar-refractivity contribution in [2.45, 2.75) is 32.1 Å². The third kappa shape index (κ3) is 3.91. The molecule has 2 atom stereocenters. The quantitative estimate of drug-likeness (QED) is 0.876. The Kier molecular flexibility index (Phi) is 4.88. The number of ether oxygens (including phenoxy) is 2. The molecule has 2 amide bonds. The van der Waals surface area contributed by atoms with Gasteiger partial charge in [0.1, 0.15) is 5.75 Å². The molecule has 2 N–H and O–H groups in total. The van der Waals surface area contributed by atoms with Gasteiger partial charge in [-0.05, 0) is 31.5 Å². The summed E-state index contributed by atoms with van der Waals surface area (Å²) in [5.41, 5.74) is 1.31. The molecule has 1 heterocycles. The van der Waals surface area contributed by atoms with E-state index >= 15 is 0 Å². The summed E-state index contributed by atoms with van der Waals surface area (Å²) in [5.74, 6) is 0.215. The van der Waals surface area contributed by atoms with Crippen molar-refractivity contribution in [3.05, 3.63) is 60.2 Å². The first kappa shape index (κ1) is 16.8. The van der Waals surface area contributed by atoms with E-state index in [2.05, 4.69) is 10.6 Å². The van der Waals surface area contributed by atoms with Crippen molar-refractivity contribution in [3.63, 3.8) is 0 Å². The van der Waals surface area contributed by atoms with Crippen molar-refractivity contribution in [1.82, 2.24) is 5.32 Å². The Morgan fingerprint density at radius 2 is 1.80 bits per heavy atom. The minimum absolute atomic E-state index is 0.0235. The predicted molar refractivity (Wildman–Crippen MR) is 93.4 cm³/mol. The highest BCUT2D eigenvalue weighted by atomic mass is 16.6. The number of para-hydroxylation sites is 2. The van der Waals surface area contributed by atoms with Crippen LogP contribution in [0.15, 0.2) is 54.6 Å². The molecular weight excluding hydrogens is 320 g/mol. The summed E-state index contributed by atoms with van der Waals surface area (Å²) in [7, 11) is 0. The molecule has 2 aromatic carbocycles. The minimum Gasteiger partial charge on any atom is -0.489 e. The lowest BCUT2D eigenvalue weighted by Crippen LogP contribution is -2.40. The van der Waals surface area contributed by atoms with Gasteiger partial charge >= 0.3 is 6.09 Å². The topological polar surface area (TPSA) is 76.7 Å². The van der Waals surface area contributed by atoms with Gasteiger partial charge < -0.3 is 20.1 Å². The zero-order valence-electron chi connectivity index (χ0n) is 14.1. The molecule has 0 aliphatic carbocycles. The summed E-state index contributed by atoms with van der Waals surface area (Å²) in [6.45, 7) is 3.82. The number of carbonyl (C=O) groups is 2. The summed E-state index contributed by atoms with van der Waals surface area (Å²) >= 11 is 0. The Labute approximate surface area is 146 Å². The first-order valence-electron chi connectivity index (χ1n) is 8.13. The number of cyclic esters (lactones) is 1. The van der Waals surface area contributed by atoms with Crippen LogP contribution in [0.25, 0.3) is 0 Å². The van der Waals surface area contributed by atoms with E-state index < -0.39 is 18.2 Å². The van der Waals surface area contributed by atoms with E-state index in [1.807, 2.05) is 50.2 Å². The molecule has 130 valence electrons. The zero-order valence-corrected chi connectivity index (χ0v) is 14.1. The van der Waals surface area contributed by atoms with E-state index in [4.69, 9.17) is 9.47 Å². The van der Waals surface area contributed by atoms with Crippen LogP contribution < -0.4 is 15.4 Å². The Balaban J connectivity index is 1.80. The second kappa shape index (κ2) is 7.25. The zero-order chi connectivity index (χ0) is 17.8. The smallest absolute Gasteiger partial charge is 0.408 e. The number of hydrogen-bond donors (Lipinski definition) is 2. The second-order valence-electron chi connectivity index (χ2n) is 6.01. The monoisotopic (exact) mass is 340 g/mol. The number of anilines is 1. The normalized spacial score (nSPS) is 19.2. The molecule has 1 aliphatic rings. The molecule has 3 rings (SSSR count). The maximum absolute atomic E-state index is 12.7. The van der Waals surface area contributed by atoms with Gasteiger partial charge in [0.05, 0.1) is 11.8 Å². The lowest BCUT2D eigenvalue weighted by molar-refractivity contribution is -0.119. The van der Waals surface area contributed by atoms with Crippen LogP contribution in [0.2, 0.25) is 0 Å². The van der Waals surface area contributed by atoms with Gasteiger partial charge in [-0.3, -0.25) is 4.79 Å². The SMILES string of the molecule is CC(C)Oc1ccccc1NC(=O)C1NC(=O)OC1c1ccccc1. The number of nitrogens with one attached hydrogen (secondary N) is 2. The fourth-order valence-electron chi connectivity index (χ4n) is 2.66. The molecule has 0 aromatic heterocycles. The number of rotatable bonds is 5. The third-order valence-electron chi connectivity index (χ3n) is 3.73. The van der Waals surface area contributed by atoms with Gasteiger partial charge in [0.2, 0.25) is 0 Å². The molecule has 1 aliphatic heterocycles. The third-order valence-corrected chi connectivity index (χ3v) is 3.73. The first-order chi connectivity index (χ1) is 12.0. The van der Waals surface area contributed by atoms with Crippen molar-refractivity contribution in [2.75, 3.05) is 5.32 Å². The molecule has 6 heteroatoms. The minimum atomic E-state index is -0.818. The Hall–Kier alpha value is -3.02. The van der Waals surface area contributed by atoms with Crippen LogP contribution in [0.1, 0.15) is 25.5 Å². The molecule has 25 heavy (non-hydrogen) atoms. The second-order valence-corrected chi connectivity index (χ2v) is 6.01. The molecule has 0 spiro atoms. The number of carbonyl (C=O) groups excluding carboxylic acids is 2. The fraction of sp³-hybridized carbons (Fsp3) is 0.263. The molecule has 0 saturated carbocycles. The van der Waals surface area contributed by atoms with Gasteiger partial charge in [0, 0.05) is 0 Å². The van der Waals surface area contributed by atoms with E-state index in [0.29, 0.717) is 11.4 Å². The highest BCUT2D eigenvalue weighted by Gasteiger charge is 2.40. The van der Waals surface area contributed by atoms with E-state index in [-0.39, 0.29) is 12.0 Å². The molecule has 2 unspecified atom stereocenters. The van der Waals surface area contributed by atoms with Crippen LogP contribution in [0.5, 0.6) is 5.75 Å². The average Bonchev–Trinajstić information content (AvgIpc) is 2.99. The lowest BCUT2D eigenvalue weighted by Gasteiger charge is -2.19. The molecule has 0 radical (unpaired) electrons. The van der Waals surface area contributed by atoms with E-state index in [1.54, 1.807) is 18.2 Å². The van der Waals surface area contributed by atoms with Gasteiger partial charge in [-0.1, -0.05) is 42.5 Å². The molecular formula is C19H20N2O4. The Bertz CT molecular complexity index is 761. The summed E-state index contributed by atoms with van der Waals surface area (Å²) in [6, 6.07) is 15.5. The van der Waals surface area contributed by atoms with Crippen LogP contribution >= 0.6 is 0 Å². The largest absolute Gasteiger partial charge is 0.489 e. The summed E-state index contributed by atoms with van der Waals surface area (Å²) < 4.78 is 11.0. The number of alkyl carbamates (subject to hydrolysis) is 1. The molecule has 0 bridgehead atoms. The fourth-order valence-corrected chi connectivity index (χ4v) is 2.66. The molecule has 1 fully saturated rings. The van der Waals surface area contributed by atoms with Gasteiger partial charge in [-0.2, -0.15) is 0 Å². The maximum atomic E-state index is 12.7. The highest BCUT2D eigenvalue weighted by molar-refractivity contribution is 5.99. The van der Waals surface area contributed by atoms with Crippen molar-refractivity contribution in [3.8, 4) is 5.75 Å². The lowest BCUT2D eigenvalue weighted by atomic mass is 10.0. The average molecular weight is 340 g/mol. The Morgan fingerprint density at radius 1 is 1.12 bits per heavy atom. The summed E-state index contributed by atoms with van der Waals surface area (Å²) in [4.78, 5) is 24.4. The van der Waals surface area contributed by atoms with Gasteiger partial charge in [-0.25, -0.2) is 4.79 Å². The van der Waals surface area contributed by atoms with E-state index in [1.165, 1.54) is 0 Å². The van der Waals surface area contributed by atoms with Gasteiger partial charge in [-0.15, -0.1) is 0 Å². The summed E-state index contributed by atoms with van der Waals surface area (Å²) in [5, 5.41) is 5.39. The van der Waals surface area contributed by atoms with Crippen LogP contribution in [0.4, 0.5) is 10.5 Å². The van der Waals surface area contributed by atoms with Crippen LogP contribution in [0.3, 0.4) is 0 Å². The number of amides is 2.